The fourth-order valence-corrected chi connectivity index (χ4v) is 1.78. The van der Waals surface area contributed by atoms with Crippen LogP contribution in [-0.2, 0) is 6.18 Å². The van der Waals surface area contributed by atoms with Crippen molar-refractivity contribution in [3.05, 3.63) is 35.3 Å². The number of alkyl halides is 3. The van der Waals surface area contributed by atoms with Crippen molar-refractivity contribution in [3.63, 3.8) is 0 Å². The predicted octanol–water partition coefficient (Wildman–Crippen LogP) is 3.74. The van der Waals surface area contributed by atoms with Crippen molar-refractivity contribution in [2.45, 2.75) is 13.1 Å². The highest BCUT2D eigenvalue weighted by Crippen LogP contribution is 2.34. The van der Waals surface area contributed by atoms with Gasteiger partial charge in [-0.05, 0) is 24.6 Å². The van der Waals surface area contributed by atoms with Gasteiger partial charge in [0.05, 0.1) is 10.9 Å². The molecule has 2 rings (SSSR count). The molecule has 1 aromatic carbocycles. The van der Waals surface area contributed by atoms with E-state index in [1.54, 1.807) is 6.92 Å². The van der Waals surface area contributed by atoms with Crippen molar-refractivity contribution in [1.29, 1.82) is 0 Å². The number of fused-ring (bicyclic) bond motifs is 1. The van der Waals surface area contributed by atoms with Crippen LogP contribution in [0.1, 0.15) is 11.3 Å². The zero-order chi connectivity index (χ0) is 13.5. The maximum absolute atomic E-state index is 13.7. The normalized spacial score (nSPS) is 11.9. The van der Waals surface area contributed by atoms with E-state index in [1.165, 1.54) is 19.2 Å². The van der Waals surface area contributed by atoms with E-state index < -0.39 is 17.7 Å². The first kappa shape index (κ1) is 12.6. The van der Waals surface area contributed by atoms with Crippen molar-refractivity contribution in [1.82, 2.24) is 4.98 Å². The molecular weight excluding hydrogens is 248 g/mol. The Hall–Kier alpha value is -1.85. The van der Waals surface area contributed by atoms with Crippen molar-refractivity contribution >= 4 is 16.6 Å². The number of nitrogens with one attached hydrogen (secondary N) is 1. The second-order valence-corrected chi connectivity index (χ2v) is 3.89. The van der Waals surface area contributed by atoms with Gasteiger partial charge in [0, 0.05) is 12.7 Å². The molecule has 2 nitrogen and oxygen atoms in total. The fraction of sp³-hybridized carbons (Fsp3) is 0.250. The summed E-state index contributed by atoms with van der Waals surface area (Å²) in [6.45, 7) is 1.59. The summed E-state index contributed by atoms with van der Waals surface area (Å²) in [5, 5.41) is 2.65. The zero-order valence-corrected chi connectivity index (χ0v) is 9.69. The lowest BCUT2D eigenvalue weighted by atomic mass is 10.1. The first-order chi connectivity index (χ1) is 8.34. The Kier molecular flexibility index (Phi) is 2.88. The number of hydrogen-bond donors (Lipinski definition) is 1. The summed E-state index contributed by atoms with van der Waals surface area (Å²) in [6.07, 6.45) is -4.56. The molecule has 0 fully saturated rings. The van der Waals surface area contributed by atoms with Crippen LogP contribution in [0, 0.1) is 12.7 Å². The third-order valence-electron chi connectivity index (χ3n) is 2.67. The molecule has 1 aromatic heterocycles. The van der Waals surface area contributed by atoms with Crippen LogP contribution in [-0.4, -0.2) is 12.0 Å². The second kappa shape index (κ2) is 4.12. The minimum atomic E-state index is -4.56. The summed E-state index contributed by atoms with van der Waals surface area (Å²) in [6, 6.07) is 3.43. The van der Waals surface area contributed by atoms with Gasteiger partial charge in [0.15, 0.2) is 0 Å². The van der Waals surface area contributed by atoms with Crippen LogP contribution >= 0.6 is 0 Å². The molecular formula is C12H10F4N2. The van der Waals surface area contributed by atoms with Crippen LogP contribution in [0.15, 0.2) is 18.2 Å². The molecule has 2 aromatic rings. The lowest BCUT2D eigenvalue weighted by Crippen LogP contribution is -2.10. The van der Waals surface area contributed by atoms with Gasteiger partial charge < -0.3 is 5.32 Å². The van der Waals surface area contributed by atoms with E-state index in [9.17, 15) is 17.6 Å². The summed E-state index contributed by atoms with van der Waals surface area (Å²) in [7, 11) is 1.44. The van der Waals surface area contributed by atoms with Gasteiger partial charge in [0.2, 0.25) is 0 Å². The van der Waals surface area contributed by atoms with Crippen LogP contribution in [0.3, 0.4) is 0 Å². The van der Waals surface area contributed by atoms with Crippen LogP contribution in [0.25, 0.3) is 10.9 Å². The number of hydrogen-bond acceptors (Lipinski definition) is 2. The Bertz CT molecular complexity index is 605. The van der Waals surface area contributed by atoms with E-state index in [0.29, 0.717) is 5.56 Å². The van der Waals surface area contributed by atoms with E-state index in [2.05, 4.69) is 10.3 Å². The van der Waals surface area contributed by atoms with Gasteiger partial charge in [-0.15, -0.1) is 0 Å². The van der Waals surface area contributed by atoms with Gasteiger partial charge in [-0.3, -0.25) is 0 Å². The van der Waals surface area contributed by atoms with E-state index in [4.69, 9.17) is 0 Å². The van der Waals surface area contributed by atoms with E-state index in [0.717, 1.165) is 6.07 Å². The predicted molar refractivity (Wildman–Crippen MR) is 61.0 cm³/mol. The van der Waals surface area contributed by atoms with Crippen molar-refractivity contribution in [2.75, 3.05) is 12.4 Å². The summed E-state index contributed by atoms with van der Waals surface area (Å²) >= 11 is 0. The fourth-order valence-electron chi connectivity index (χ4n) is 1.78. The molecule has 1 N–H and O–H groups in total. The van der Waals surface area contributed by atoms with E-state index >= 15 is 0 Å². The number of aromatic nitrogens is 1. The summed E-state index contributed by atoms with van der Waals surface area (Å²) in [5.41, 5.74) is -0.440. The van der Waals surface area contributed by atoms with Gasteiger partial charge in [-0.25, -0.2) is 9.37 Å². The number of nitrogens with zero attached hydrogens (tertiary/aromatic N) is 1. The van der Waals surface area contributed by atoms with E-state index in [1.807, 2.05) is 0 Å². The van der Waals surface area contributed by atoms with Crippen LogP contribution in [0.4, 0.5) is 23.2 Å². The zero-order valence-electron chi connectivity index (χ0n) is 9.69. The molecule has 0 bridgehead atoms. The SMILES string of the molecule is CNc1cc(C(F)(F)F)nc2c(C)ccc(F)c12. The summed E-state index contributed by atoms with van der Waals surface area (Å²) in [4.78, 5) is 3.51. The maximum Gasteiger partial charge on any atom is 0.433 e. The molecule has 0 aliphatic carbocycles. The highest BCUT2D eigenvalue weighted by atomic mass is 19.4. The number of pyridine rings is 1. The number of halogens is 4. The highest BCUT2D eigenvalue weighted by molar-refractivity contribution is 5.93. The number of anilines is 1. The Labute approximate surface area is 101 Å². The monoisotopic (exact) mass is 258 g/mol. The molecule has 0 aliphatic rings. The third-order valence-corrected chi connectivity index (χ3v) is 2.67. The standard InChI is InChI=1S/C12H10F4N2/c1-6-3-4-7(13)10-8(17-2)5-9(12(14,15)16)18-11(6)10/h3-5H,1-2H3,(H,17,18). The molecule has 0 spiro atoms. The first-order valence-corrected chi connectivity index (χ1v) is 5.19. The average molecular weight is 258 g/mol. The Morgan fingerprint density at radius 1 is 1.22 bits per heavy atom. The molecule has 0 atom stereocenters. The molecule has 0 saturated carbocycles. The average Bonchev–Trinajstić information content (AvgIpc) is 2.31. The third kappa shape index (κ3) is 1.98. The van der Waals surface area contributed by atoms with Gasteiger partial charge in [0.1, 0.15) is 11.5 Å². The van der Waals surface area contributed by atoms with Gasteiger partial charge in [-0.1, -0.05) is 6.07 Å². The number of benzene rings is 1. The van der Waals surface area contributed by atoms with Crippen LogP contribution in [0.2, 0.25) is 0 Å². The highest BCUT2D eigenvalue weighted by Gasteiger charge is 2.33. The second-order valence-electron chi connectivity index (χ2n) is 3.89. The molecule has 96 valence electrons. The molecule has 18 heavy (non-hydrogen) atoms. The van der Waals surface area contributed by atoms with Crippen LogP contribution < -0.4 is 5.32 Å². The number of rotatable bonds is 1. The van der Waals surface area contributed by atoms with Gasteiger partial charge in [0.25, 0.3) is 0 Å². The molecule has 0 amide bonds. The Balaban J connectivity index is 2.88. The largest absolute Gasteiger partial charge is 0.433 e. The Morgan fingerprint density at radius 3 is 2.44 bits per heavy atom. The van der Waals surface area contributed by atoms with Crippen molar-refractivity contribution < 1.29 is 17.6 Å². The summed E-state index contributed by atoms with van der Waals surface area (Å²) < 4.78 is 51.7. The van der Waals surface area contributed by atoms with E-state index in [-0.39, 0.29) is 16.6 Å². The molecule has 1 heterocycles. The number of aryl methyl sites for hydroxylation is 1. The first-order valence-electron chi connectivity index (χ1n) is 5.19. The minimum absolute atomic E-state index is 0.0224. The quantitative estimate of drug-likeness (QED) is 0.788. The lowest BCUT2D eigenvalue weighted by molar-refractivity contribution is -0.140. The van der Waals surface area contributed by atoms with Crippen LogP contribution in [0.5, 0.6) is 0 Å². The molecule has 0 radical (unpaired) electrons. The molecule has 0 unspecified atom stereocenters. The topological polar surface area (TPSA) is 24.9 Å². The summed E-state index contributed by atoms with van der Waals surface area (Å²) in [5.74, 6) is -0.596. The maximum atomic E-state index is 13.7. The molecule has 0 aliphatic heterocycles. The minimum Gasteiger partial charge on any atom is -0.387 e. The Morgan fingerprint density at radius 2 is 1.89 bits per heavy atom. The van der Waals surface area contributed by atoms with Gasteiger partial charge in [-0.2, -0.15) is 13.2 Å². The molecule has 0 saturated heterocycles. The van der Waals surface area contributed by atoms with Crippen molar-refractivity contribution in [2.24, 2.45) is 0 Å². The smallest absolute Gasteiger partial charge is 0.387 e. The lowest BCUT2D eigenvalue weighted by Gasteiger charge is -2.13. The van der Waals surface area contributed by atoms with Gasteiger partial charge >= 0.3 is 6.18 Å². The molecule has 6 heteroatoms. The van der Waals surface area contributed by atoms with Crippen molar-refractivity contribution in [3.8, 4) is 0 Å².